The van der Waals surface area contributed by atoms with Crippen LogP contribution in [-0.2, 0) is 6.42 Å². The lowest BCUT2D eigenvalue weighted by Gasteiger charge is -2.16. The van der Waals surface area contributed by atoms with E-state index in [1.165, 1.54) is 16.0 Å². The Morgan fingerprint density at radius 1 is 1.05 bits per heavy atom. The summed E-state index contributed by atoms with van der Waals surface area (Å²) in [5.41, 5.74) is 5.54. The molecule has 0 fully saturated rings. The molecular formula is C17H22N2S. The maximum Gasteiger partial charge on any atom is 0.0463 e. The van der Waals surface area contributed by atoms with Gasteiger partial charge in [0.2, 0.25) is 0 Å². The van der Waals surface area contributed by atoms with Crippen molar-refractivity contribution in [2.24, 2.45) is 5.84 Å². The van der Waals surface area contributed by atoms with Gasteiger partial charge in [-0.2, -0.15) is 0 Å². The molecule has 0 saturated carbocycles. The molecule has 0 aromatic heterocycles. The summed E-state index contributed by atoms with van der Waals surface area (Å²) >= 11 is 1.86. The fourth-order valence-corrected chi connectivity index (χ4v) is 2.93. The van der Waals surface area contributed by atoms with Crippen molar-refractivity contribution in [2.75, 3.05) is 5.75 Å². The normalized spacial score (nSPS) is 12.3. The first kappa shape index (κ1) is 15.1. The minimum absolute atomic E-state index is 0.205. The third kappa shape index (κ3) is 4.37. The van der Waals surface area contributed by atoms with E-state index in [1.807, 2.05) is 17.8 Å². The number of hydrazine groups is 1. The zero-order chi connectivity index (χ0) is 14.2. The molecule has 1 unspecified atom stereocenters. The van der Waals surface area contributed by atoms with Crippen molar-refractivity contribution in [1.29, 1.82) is 0 Å². The Labute approximate surface area is 125 Å². The van der Waals surface area contributed by atoms with E-state index in [4.69, 9.17) is 5.84 Å². The second-order valence-corrected chi connectivity index (χ2v) is 6.08. The van der Waals surface area contributed by atoms with E-state index in [0.717, 1.165) is 18.6 Å². The Kier molecular flexibility index (Phi) is 6.12. The topological polar surface area (TPSA) is 38.0 Å². The summed E-state index contributed by atoms with van der Waals surface area (Å²) in [7, 11) is 0. The van der Waals surface area contributed by atoms with Crippen molar-refractivity contribution in [3.63, 3.8) is 0 Å². The van der Waals surface area contributed by atoms with E-state index < -0.39 is 0 Å². The minimum Gasteiger partial charge on any atom is -0.271 e. The van der Waals surface area contributed by atoms with Crippen molar-refractivity contribution in [1.82, 2.24) is 5.43 Å². The molecule has 106 valence electrons. The molecule has 0 aliphatic carbocycles. The first-order chi connectivity index (χ1) is 9.83. The molecule has 0 saturated heterocycles. The fourth-order valence-electron chi connectivity index (χ4n) is 2.26. The van der Waals surface area contributed by atoms with Gasteiger partial charge in [-0.15, -0.1) is 11.8 Å². The van der Waals surface area contributed by atoms with E-state index >= 15 is 0 Å². The molecule has 0 heterocycles. The number of hydrogen-bond donors (Lipinski definition) is 2. The summed E-state index contributed by atoms with van der Waals surface area (Å²) in [6.07, 6.45) is 2.03. The van der Waals surface area contributed by atoms with E-state index in [2.05, 4.69) is 60.9 Å². The van der Waals surface area contributed by atoms with Crippen molar-refractivity contribution < 1.29 is 0 Å². The molecule has 2 aromatic rings. The molecule has 3 N–H and O–H groups in total. The molecule has 0 bridgehead atoms. The minimum atomic E-state index is 0.205. The number of thioether (sulfide) groups is 1. The van der Waals surface area contributed by atoms with Gasteiger partial charge >= 0.3 is 0 Å². The van der Waals surface area contributed by atoms with Gasteiger partial charge in [-0.25, -0.2) is 0 Å². The van der Waals surface area contributed by atoms with Crippen LogP contribution in [0.4, 0.5) is 0 Å². The van der Waals surface area contributed by atoms with E-state index in [0.29, 0.717) is 0 Å². The van der Waals surface area contributed by atoms with Crippen molar-refractivity contribution in [2.45, 2.75) is 30.7 Å². The fraction of sp³-hybridized carbons (Fsp3) is 0.294. The van der Waals surface area contributed by atoms with Crippen LogP contribution in [-0.4, -0.2) is 5.75 Å². The summed E-state index contributed by atoms with van der Waals surface area (Å²) in [6.45, 7) is 2.17. The maximum absolute atomic E-state index is 5.71. The second kappa shape index (κ2) is 8.10. The van der Waals surface area contributed by atoms with Gasteiger partial charge in [0, 0.05) is 10.9 Å². The Hall–Kier alpha value is -1.29. The summed E-state index contributed by atoms with van der Waals surface area (Å²) < 4.78 is 0. The molecular weight excluding hydrogens is 264 g/mol. The number of rotatable bonds is 7. The van der Waals surface area contributed by atoms with Gasteiger partial charge in [-0.1, -0.05) is 49.4 Å². The number of nitrogens with two attached hydrogens (primary N) is 1. The van der Waals surface area contributed by atoms with Crippen LogP contribution < -0.4 is 11.3 Å². The predicted molar refractivity (Wildman–Crippen MR) is 87.7 cm³/mol. The zero-order valence-corrected chi connectivity index (χ0v) is 12.7. The van der Waals surface area contributed by atoms with E-state index in [1.54, 1.807) is 0 Å². The van der Waals surface area contributed by atoms with Gasteiger partial charge in [-0.05, 0) is 41.9 Å². The molecule has 2 aromatic carbocycles. The maximum atomic E-state index is 5.71. The lowest BCUT2D eigenvalue weighted by atomic mass is 9.99. The Balaban J connectivity index is 1.97. The third-order valence-electron chi connectivity index (χ3n) is 3.36. The number of hydrogen-bond acceptors (Lipinski definition) is 3. The van der Waals surface area contributed by atoms with Crippen LogP contribution in [0.1, 0.15) is 30.5 Å². The number of nitrogens with one attached hydrogen (secondary N) is 1. The van der Waals surface area contributed by atoms with Crippen molar-refractivity contribution in [3.05, 3.63) is 65.7 Å². The van der Waals surface area contributed by atoms with Crippen LogP contribution in [0.15, 0.2) is 59.5 Å². The van der Waals surface area contributed by atoms with Crippen LogP contribution >= 0.6 is 11.8 Å². The molecule has 20 heavy (non-hydrogen) atoms. The van der Waals surface area contributed by atoms with Crippen LogP contribution in [0.3, 0.4) is 0 Å². The average molecular weight is 286 g/mol. The molecule has 0 aliphatic rings. The van der Waals surface area contributed by atoms with Crippen LogP contribution in [0.25, 0.3) is 0 Å². The second-order valence-electron chi connectivity index (χ2n) is 4.75. The first-order valence-corrected chi connectivity index (χ1v) is 8.05. The largest absolute Gasteiger partial charge is 0.271 e. The Morgan fingerprint density at radius 3 is 2.35 bits per heavy atom. The van der Waals surface area contributed by atoms with Crippen LogP contribution in [0.2, 0.25) is 0 Å². The van der Waals surface area contributed by atoms with Gasteiger partial charge in [0.05, 0.1) is 0 Å². The summed E-state index contributed by atoms with van der Waals surface area (Å²) in [5.74, 6) is 6.81. The van der Waals surface area contributed by atoms with Crippen molar-refractivity contribution in [3.8, 4) is 0 Å². The molecule has 0 radical (unpaired) electrons. The van der Waals surface area contributed by atoms with Crippen molar-refractivity contribution >= 4 is 11.8 Å². The van der Waals surface area contributed by atoms with Gasteiger partial charge in [0.1, 0.15) is 0 Å². The molecule has 1 atom stereocenters. The van der Waals surface area contributed by atoms with E-state index in [9.17, 15) is 0 Å². The first-order valence-electron chi connectivity index (χ1n) is 7.06. The monoisotopic (exact) mass is 286 g/mol. The predicted octanol–water partition coefficient (Wildman–Crippen LogP) is 3.94. The standard InChI is InChI=1S/C17H22N2S/c1-2-20-16-11-9-15(10-12-16)17(19-18)13-8-14-6-4-3-5-7-14/h3-7,9-12,17,19H,2,8,13,18H2,1H3. The summed E-state index contributed by atoms with van der Waals surface area (Å²) in [6, 6.07) is 19.4. The van der Waals surface area contributed by atoms with Gasteiger partial charge in [0.25, 0.3) is 0 Å². The Bertz CT molecular complexity index is 496. The third-order valence-corrected chi connectivity index (χ3v) is 4.25. The smallest absolute Gasteiger partial charge is 0.0463 e. The number of aryl methyl sites for hydroxylation is 1. The molecule has 0 spiro atoms. The van der Waals surface area contributed by atoms with Gasteiger partial charge < -0.3 is 0 Å². The highest BCUT2D eigenvalue weighted by atomic mass is 32.2. The highest BCUT2D eigenvalue weighted by Crippen LogP contribution is 2.23. The lowest BCUT2D eigenvalue weighted by molar-refractivity contribution is 0.516. The van der Waals surface area contributed by atoms with Gasteiger partial charge in [0.15, 0.2) is 0 Å². The molecule has 0 amide bonds. The van der Waals surface area contributed by atoms with Crippen LogP contribution in [0.5, 0.6) is 0 Å². The van der Waals surface area contributed by atoms with E-state index in [-0.39, 0.29) is 6.04 Å². The van der Waals surface area contributed by atoms with Gasteiger partial charge in [-0.3, -0.25) is 11.3 Å². The summed E-state index contributed by atoms with van der Waals surface area (Å²) in [4.78, 5) is 1.31. The molecule has 2 rings (SSSR count). The molecule has 0 aliphatic heterocycles. The highest BCUT2D eigenvalue weighted by molar-refractivity contribution is 7.99. The zero-order valence-electron chi connectivity index (χ0n) is 11.9. The molecule has 3 heteroatoms. The number of benzene rings is 2. The Morgan fingerprint density at radius 2 is 1.75 bits per heavy atom. The highest BCUT2D eigenvalue weighted by Gasteiger charge is 2.09. The molecule has 2 nitrogen and oxygen atoms in total. The van der Waals surface area contributed by atoms with Crippen LogP contribution in [0, 0.1) is 0 Å². The summed E-state index contributed by atoms with van der Waals surface area (Å²) in [5, 5.41) is 0. The lowest BCUT2D eigenvalue weighted by Crippen LogP contribution is -2.28. The average Bonchev–Trinajstić information content (AvgIpc) is 2.51. The SMILES string of the molecule is CCSc1ccc(C(CCc2ccccc2)NN)cc1. The quantitative estimate of drug-likeness (QED) is 0.460.